The van der Waals surface area contributed by atoms with E-state index in [9.17, 15) is 5.11 Å². The van der Waals surface area contributed by atoms with Crippen molar-refractivity contribution < 1.29 is 10.3 Å². The van der Waals surface area contributed by atoms with Gasteiger partial charge in [0.2, 0.25) is 0 Å². The van der Waals surface area contributed by atoms with Gasteiger partial charge in [-0.05, 0) is 13.8 Å². The molecule has 70 valence electrons. The van der Waals surface area contributed by atoms with Gasteiger partial charge >= 0.3 is 0 Å². The van der Waals surface area contributed by atoms with Gasteiger partial charge < -0.3 is 10.3 Å². The van der Waals surface area contributed by atoms with E-state index in [2.05, 4.69) is 5.16 Å². The predicted molar refractivity (Wildman–Crippen MR) is 51.1 cm³/mol. The molecule has 0 aliphatic rings. The highest BCUT2D eigenvalue weighted by molar-refractivity contribution is 6.05. The average molecular weight is 179 g/mol. The van der Waals surface area contributed by atoms with Crippen LogP contribution in [-0.2, 0) is 0 Å². The summed E-state index contributed by atoms with van der Waals surface area (Å²) < 4.78 is 0. The number of nitrogens with zero attached hydrogens (tertiary/aromatic N) is 1. The molecule has 0 atom stereocenters. The molecule has 0 saturated carbocycles. The molecule has 0 aliphatic carbocycles. The molecule has 0 heterocycles. The van der Waals surface area contributed by atoms with Gasteiger partial charge in [0.1, 0.15) is 11.3 Å². The molecule has 13 heavy (non-hydrogen) atoms. The number of hydrogen-bond acceptors (Lipinski definition) is 3. The van der Waals surface area contributed by atoms with E-state index in [0.29, 0.717) is 0 Å². The summed E-state index contributed by atoms with van der Waals surface area (Å²) in [5.74, 6) is 0. The highest BCUT2D eigenvalue weighted by atomic mass is 16.4. The Hall–Kier alpha value is -1.35. The van der Waals surface area contributed by atoms with Crippen molar-refractivity contribution in [1.82, 2.24) is 0 Å². The molecular weight excluding hydrogens is 166 g/mol. The largest absolute Gasteiger partial charge is 0.411 e. The Morgan fingerprint density at radius 1 is 1.23 bits per heavy atom. The summed E-state index contributed by atoms with van der Waals surface area (Å²) in [6.07, 6.45) is 0. The minimum absolute atomic E-state index is 0.271. The average Bonchev–Trinajstić information content (AvgIpc) is 2.05. The van der Waals surface area contributed by atoms with E-state index in [1.807, 2.05) is 18.2 Å². The Bertz CT molecular complexity index is 298. The van der Waals surface area contributed by atoms with Gasteiger partial charge in [0.05, 0.1) is 0 Å². The zero-order chi connectivity index (χ0) is 9.90. The summed E-state index contributed by atoms with van der Waals surface area (Å²) >= 11 is 0. The monoisotopic (exact) mass is 179 g/mol. The summed E-state index contributed by atoms with van der Waals surface area (Å²) in [4.78, 5) is 0. The zero-order valence-corrected chi connectivity index (χ0v) is 7.73. The van der Waals surface area contributed by atoms with Crippen LogP contribution in [-0.4, -0.2) is 21.6 Å². The number of hydrogen-bond donors (Lipinski definition) is 2. The van der Waals surface area contributed by atoms with Crippen molar-refractivity contribution in [3.63, 3.8) is 0 Å². The van der Waals surface area contributed by atoms with E-state index in [0.717, 1.165) is 5.56 Å². The Morgan fingerprint density at radius 2 is 1.77 bits per heavy atom. The maximum atomic E-state index is 9.64. The lowest BCUT2D eigenvalue weighted by Crippen LogP contribution is -2.32. The van der Waals surface area contributed by atoms with E-state index < -0.39 is 5.60 Å². The van der Waals surface area contributed by atoms with Gasteiger partial charge in [-0.1, -0.05) is 35.5 Å². The van der Waals surface area contributed by atoms with Gasteiger partial charge in [-0.25, -0.2) is 0 Å². The van der Waals surface area contributed by atoms with Gasteiger partial charge in [0.25, 0.3) is 0 Å². The molecule has 1 aromatic rings. The van der Waals surface area contributed by atoms with Crippen LogP contribution < -0.4 is 0 Å². The molecule has 0 saturated heterocycles. The van der Waals surface area contributed by atoms with Crippen molar-refractivity contribution >= 4 is 5.71 Å². The van der Waals surface area contributed by atoms with E-state index >= 15 is 0 Å². The van der Waals surface area contributed by atoms with Gasteiger partial charge in [-0.3, -0.25) is 0 Å². The second kappa shape index (κ2) is 3.58. The highest BCUT2D eigenvalue weighted by Crippen LogP contribution is 2.12. The number of rotatable bonds is 2. The van der Waals surface area contributed by atoms with Crippen molar-refractivity contribution in [3.05, 3.63) is 35.9 Å². The first-order chi connectivity index (χ1) is 6.05. The minimum Gasteiger partial charge on any atom is -0.411 e. The Labute approximate surface area is 77.3 Å². The van der Waals surface area contributed by atoms with Gasteiger partial charge in [-0.15, -0.1) is 0 Å². The van der Waals surface area contributed by atoms with Crippen LogP contribution in [0, 0.1) is 0 Å². The molecule has 0 aliphatic heterocycles. The van der Waals surface area contributed by atoms with Crippen molar-refractivity contribution in [3.8, 4) is 0 Å². The molecule has 0 unspecified atom stereocenters. The first-order valence-electron chi connectivity index (χ1n) is 4.06. The van der Waals surface area contributed by atoms with E-state index in [1.54, 1.807) is 26.0 Å². The van der Waals surface area contributed by atoms with Gasteiger partial charge in [-0.2, -0.15) is 0 Å². The van der Waals surface area contributed by atoms with Crippen LogP contribution in [0.2, 0.25) is 0 Å². The second-order valence-corrected chi connectivity index (χ2v) is 3.37. The lowest BCUT2D eigenvalue weighted by molar-refractivity contribution is 0.148. The third-order valence-corrected chi connectivity index (χ3v) is 1.73. The summed E-state index contributed by atoms with van der Waals surface area (Å²) in [5.41, 5.74) is -0.138. The molecule has 2 N–H and O–H groups in total. The van der Waals surface area contributed by atoms with Crippen LogP contribution in [0.3, 0.4) is 0 Å². The number of aliphatic hydroxyl groups is 1. The minimum atomic E-state index is -1.13. The summed E-state index contributed by atoms with van der Waals surface area (Å²) in [6.45, 7) is 3.16. The van der Waals surface area contributed by atoms with Crippen LogP contribution >= 0.6 is 0 Å². The quantitative estimate of drug-likeness (QED) is 0.412. The molecular formula is C10H13NO2. The molecule has 0 aromatic heterocycles. The normalized spacial score (nSPS) is 13.0. The molecule has 0 amide bonds. The fourth-order valence-electron chi connectivity index (χ4n) is 1.13. The molecule has 3 nitrogen and oxygen atoms in total. The van der Waals surface area contributed by atoms with Crippen LogP contribution in [0.5, 0.6) is 0 Å². The summed E-state index contributed by atoms with van der Waals surface area (Å²) in [7, 11) is 0. The second-order valence-electron chi connectivity index (χ2n) is 3.37. The predicted octanol–water partition coefficient (Wildman–Crippen LogP) is 1.64. The zero-order valence-electron chi connectivity index (χ0n) is 7.73. The standard InChI is InChI=1S/C10H13NO2/c1-10(2,12)9(11-13)8-6-4-3-5-7-8/h3-7,12-13H,1-2H3/b11-9-. The van der Waals surface area contributed by atoms with Crippen molar-refractivity contribution in [2.75, 3.05) is 0 Å². The fraction of sp³-hybridized carbons (Fsp3) is 0.300. The molecule has 0 radical (unpaired) electrons. The van der Waals surface area contributed by atoms with Gasteiger partial charge in [0.15, 0.2) is 0 Å². The highest BCUT2D eigenvalue weighted by Gasteiger charge is 2.23. The number of oxime groups is 1. The number of benzene rings is 1. The SMILES string of the molecule is CC(C)(O)/C(=N\O)c1ccccc1. The van der Waals surface area contributed by atoms with E-state index in [4.69, 9.17) is 5.21 Å². The lowest BCUT2D eigenvalue weighted by Gasteiger charge is -2.18. The third kappa shape index (κ3) is 2.29. The van der Waals surface area contributed by atoms with E-state index in [1.165, 1.54) is 0 Å². The summed E-state index contributed by atoms with van der Waals surface area (Å²) in [5, 5.41) is 21.5. The van der Waals surface area contributed by atoms with Crippen LogP contribution in [0.1, 0.15) is 19.4 Å². The molecule has 0 spiro atoms. The lowest BCUT2D eigenvalue weighted by atomic mass is 9.96. The topological polar surface area (TPSA) is 52.8 Å². The fourth-order valence-corrected chi connectivity index (χ4v) is 1.13. The van der Waals surface area contributed by atoms with Crippen LogP contribution in [0.25, 0.3) is 0 Å². The molecule has 0 bridgehead atoms. The maximum absolute atomic E-state index is 9.64. The molecule has 1 aromatic carbocycles. The Morgan fingerprint density at radius 3 is 2.15 bits per heavy atom. The Balaban J connectivity index is 3.08. The first-order valence-corrected chi connectivity index (χ1v) is 4.06. The van der Waals surface area contributed by atoms with Crippen molar-refractivity contribution in [2.45, 2.75) is 19.4 Å². The third-order valence-electron chi connectivity index (χ3n) is 1.73. The smallest absolute Gasteiger partial charge is 0.118 e. The van der Waals surface area contributed by atoms with Crippen LogP contribution in [0.15, 0.2) is 35.5 Å². The molecule has 1 rings (SSSR count). The maximum Gasteiger partial charge on any atom is 0.118 e. The molecule has 3 heteroatoms. The Kier molecular flexibility index (Phi) is 2.68. The molecule has 0 fully saturated rings. The van der Waals surface area contributed by atoms with Crippen LogP contribution in [0.4, 0.5) is 0 Å². The first kappa shape index (κ1) is 9.74. The van der Waals surface area contributed by atoms with Crippen molar-refractivity contribution in [2.24, 2.45) is 5.16 Å². The van der Waals surface area contributed by atoms with Gasteiger partial charge in [0, 0.05) is 5.56 Å². The van der Waals surface area contributed by atoms with E-state index in [-0.39, 0.29) is 5.71 Å². The van der Waals surface area contributed by atoms with Crippen molar-refractivity contribution in [1.29, 1.82) is 0 Å². The summed E-state index contributed by atoms with van der Waals surface area (Å²) in [6, 6.07) is 9.08.